The first-order chi connectivity index (χ1) is 11.0. The zero-order chi connectivity index (χ0) is 16.4. The monoisotopic (exact) mass is 331 g/mol. The van der Waals surface area contributed by atoms with Gasteiger partial charge in [0.05, 0.1) is 10.5 Å². The number of fused-ring (bicyclic) bond motifs is 1. The molecule has 0 fully saturated rings. The molecule has 1 N–H and O–H groups in total. The van der Waals surface area contributed by atoms with Crippen molar-refractivity contribution in [1.82, 2.24) is 0 Å². The molecular formula is C17H17NO4S. The highest BCUT2D eigenvalue weighted by Gasteiger charge is 2.22. The molecule has 1 aliphatic heterocycles. The summed E-state index contributed by atoms with van der Waals surface area (Å²) in [5.74, 6) is -0.426. The van der Waals surface area contributed by atoms with Gasteiger partial charge in [-0.15, -0.1) is 0 Å². The number of ether oxygens (including phenoxy) is 1. The van der Waals surface area contributed by atoms with Gasteiger partial charge in [-0.2, -0.15) is 0 Å². The van der Waals surface area contributed by atoms with Gasteiger partial charge < -0.3 is 4.74 Å². The van der Waals surface area contributed by atoms with E-state index in [-0.39, 0.29) is 11.5 Å². The third-order valence-electron chi connectivity index (χ3n) is 3.71. The number of nitrogens with one attached hydrogen (secondary N) is 1. The summed E-state index contributed by atoms with van der Waals surface area (Å²) >= 11 is 0. The first-order valence-electron chi connectivity index (χ1n) is 7.41. The van der Waals surface area contributed by atoms with Gasteiger partial charge in [0.2, 0.25) is 0 Å². The molecule has 0 saturated heterocycles. The van der Waals surface area contributed by atoms with Crippen molar-refractivity contribution >= 4 is 21.7 Å². The number of cyclic esters (lactones) is 1. The fraction of sp³-hybridized carbons (Fsp3) is 0.235. The number of rotatable bonds is 5. The summed E-state index contributed by atoms with van der Waals surface area (Å²) < 4.78 is 32.3. The molecule has 0 unspecified atom stereocenters. The molecule has 5 nitrogen and oxygen atoms in total. The minimum Gasteiger partial charge on any atom is -0.457 e. The predicted molar refractivity (Wildman–Crippen MR) is 86.8 cm³/mol. The standard InChI is InChI=1S/C17H17NO4S/c1-2-3-12-4-8-15(9-5-12)23(20,21)18-14-7-6-13-11-22-17(19)16(13)10-14/h4-10,18H,2-3,11H2,1H3. The van der Waals surface area contributed by atoms with Gasteiger partial charge in [-0.1, -0.05) is 31.5 Å². The lowest BCUT2D eigenvalue weighted by Gasteiger charge is -2.09. The van der Waals surface area contributed by atoms with E-state index >= 15 is 0 Å². The Labute approximate surface area is 135 Å². The molecular weight excluding hydrogens is 314 g/mol. The van der Waals surface area contributed by atoms with E-state index in [2.05, 4.69) is 11.6 Å². The van der Waals surface area contributed by atoms with Gasteiger partial charge in [-0.25, -0.2) is 13.2 Å². The van der Waals surface area contributed by atoms with Crippen LogP contribution in [0.4, 0.5) is 5.69 Å². The van der Waals surface area contributed by atoms with Crippen LogP contribution in [0.5, 0.6) is 0 Å². The van der Waals surface area contributed by atoms with E-state index in [1.54, 1.807) is 24.3 Å². The number of benzene rings is 2. The fourth-order valence-corrected chi connectivity index (χ4v) is 3.56. The van der Waals surface area contributed by atoms with Gasteiger partial charge in [0.15, 0.2) is 0 Å². The van der Waals surface area contributed by atoms with Crippen LogP contribution in [0, 0.1) is 0 Å². The van der Waals surface area contributed by atoms with Gasteiger partial charge in [0, 0.05) is 11.3 Å². The number of hydrogen-bond acceptors (Lipinski definition) is 4. The summed E-state index contributed by atoms with van der Waals surface area (Å²) in [7, 11) is -3.68. The van der Waals surface area contributed by atoms with E-state index in [0.29, 0.717) is 11.3 Å². The number of aryl methyl sites for hydroxylation is 1. The zero-order valence-corrected chi connectivity index (χ0v) is 13.5. The van der Waals surface area contributed by atoms with Gasteiger partial charge in [-0.3, -0.25) is 4.72 Å². The summed E-state index contributed by atoms with van der Waals surface area (Å²) in [6.07, 6.45) is 1.93. The number of carbonyl (C=O) groups excluding carboxylic acids is 1. The lowest BCUT2D eigenvalue weighted by molar-refractivity contribution is 0.0535. The normalized spacial score (nSPS) is 13.5. The highest BCUT2D eigenvalue weighted by atomic mass is 32.2. The number of carbonyl (C=O) groups is 1. The summed E-state index contributed by atoms with van der Waals surface area (Å²) in [5.41, 5.74) is 2.62. The second-order valence-electron chi connectivity index (χ2n) is 5.45. The van der Waals surface area contributed by atoms with Crippen molar-refractivity contribution in [3.05, 3.63) is 59.2 Å². The van der Waals surface area contributed by atoms with Crippen molar-refractivity contribution in [2.75, 3.05) is 4.72 Å². The number of esters is 1. The predicted octanol–water partition coefficient (Wildman–Crippen LogP) is 3.11. The number of sulfonamides is 1. The molecule has 0 spiro atoms. The van der Waals surface area contributed by atoms with E-state index in [0.717, 1.165) is 24.0 Å². The van der Waals surface area contributed by atoms with Crippen LogP contribution in [0.2, 0.25) is 0 Å². The van der Waals surface area contributed by atoms with Crippen molar-refractivity contribution in [3.63, 3.8) is 0 Å². The molecule has 2 aromatic rings. The third kappa shape index (κ3) is 3.22. The molecule has 0 aromatic heterocycles. The van der Waals surface area contributed by atoms with Crippen molar-refractivity contribution in [3.8, 4) is 0 Å². The second kappa shape index (κ2) is 6.04. The maximum absolute atomic E-state index is 12.4. The van der Waals surface area contributed by atoms with Crippen LogP contribution >= 0.6 is 0 Å². The molecule has 0 atom stereocenters. The van der Waals surface area contributed by atoms with Crippen molar-refractivity contribution in [2.24, 2.45) is 0 Å². The van der Waals surface area contributed by atoms with Gasteiger partial charge in [0.1, 0.15) is 6.61 Å². The first-order valence-corrected chi connectivity index (χ1v) is 8.90. The Kier molecular flexibility index (Phi) is 4.09. The van der Waals surface area contributed by atoms with E-state index in [4.69, 9.17) is 4.74 Å². The fourth-order valence-electron chi connectivity index (χ4n) is 2.51. The average molecular weight is 331 g/mol. The lowest BCUT2D eigenvalue weighted by atomic mass is 10.1. The van der Waals surface area contributed by atoms with Crippen LogP contribution in [0.1, 0.15) is 34.8 Å². The van der Waals surface area contributed by atoms with Crippen molar-refractivity contribution in [1.29, 1.82) is 0 Å². The Morgan fingerprint density at radius 2 is 1.87 bits per heavy atom. The molecule has 0 bridgehead atoms. The Bertz CT molecular complexity index is 841. The second-order valence-corrected chi connectivity index (χ2v) is 7.13. The summed E-state index contributed by atoms with van der Waals surface area (Å²) in [5, 5.41) is 0. The molecule has 0 amide bonds. The Balaban J connectivity index is 1.84. The molecule has 23 heavy (non-hydrogen) atoms. The van der Waals surface area contributed by atoms with Gasteiger partial charge in [-0.05, 0) is 36.2 Å². The van der Waals surface area contributed by atoms with Gasteiger partial charge in [0.25, 0.3) is 10.0 Å². The third-order valence-corrected chi connectivity index (χ3v) is 5.11. The summed E-state index contributed by atoms with van der Waals surface area (Å²) in [6.45, 7) is 2.31. The topological polar surface area (TPSA) is 72.5 Å². The Morgan fingerprint density at radius 1 is 1.13 bits per heavy atom. The zero-order valence-electron chi connectivity index (χ0n) is 12.7. The largest absolute Gasteiger partial charge is 0.457 e. The van der Waals surface area contributed by atoms with E-state index in [9.17, 15) is 13.2 Å². The molecule has 3 rings (SSSR count). The van der Waals surface area contributed by atoms with Crippen LogP contribution in [0.15, 0.2) is 47.4 Å². The maximum atomic E-state index is 12.4. The average Bonchev–Trinajstić information content (AvgIpc) is 2.89. The SMILES string of the molecule is CCCc1ccc(S(=O)(=O)Nc2ccc3c(c2)C(=O)OC3)cc1. The van der Waals surface area contributed by atoms with E-state index in [1.807, 2.05) is 12.1 Å². The maximum Gasteiger partial charge on any atom is 0.338 e. The molecule has 1 aliphatic rings. The van der Waals surface area contributed by atoms with Crippen LogP contribution in [0.25, 0.3) is 0 Å². The smallest absolute Gasteiger partial charge is 0.338 e. The Morgan fingerprint density at radius 3 is 2.57 bits per heavy atom. The van der Waals surface area contributed by atoms with Crippen LogP contribution < -0.4 is 4.72 Å². The summed E-state index contributed by atoms with van der Waals surface area (Å²) in [6, 6.07) is 11.7. The van der Waals surface area contributed by atoms with Crippen LogP contribution in [0.3, 0.4) is 0 Å². The molecule has 2 aromatic carbocycles. The van der Waals surface area contributed by atoms with Crippen molar-refractivity contribution in [2.45, 2.75) is 31.3 Å². The molecule has 0 saturated carbocycles. The number of hydrogen-bond donors (Lipinski definition) is 1. The highest BCUT2D eigenvalue weighted by Crippen LogP contribution is 2.25. The van der Waals surface area contributed by atoms with Crippen molar-refractivity contribution < 1.29 is 17.9 Å². The van der Waals surface area contributed by atoms with Gasteiger partial charge >= 0.3 is 5.97 Å². The molecule has 1 heterocycles. The molecule has 120 valence electrons. The quantitative estimate of drug-likeness (QED) is 0.855. The lowest BCUT2D eigenvalue weighted by Crippen LogP contribution is -2.13. The minimum absolute atomic E-state index is 0.195. The first kappa shape index (κ1) is 15.6. The Hall–Kier alpha value is -2.34. The highest BCUT2D eigenvalue weighted by molar-refractivity contribution is 7.92. The van der Waals surface area contributed by atoms with Crippen LogP contribution in [-0.2, 0) is 27.8 Å². The summed E-state index contributed by atoms with van der Waals surface area (Å²) in [4.78, 5) is 11.7. The van der Waals surface area contributed by atoms with E-state index < -0.39 is 16.0 Å². The van der Waals surface area contributed by atoms with E-state index in [1.165, 1.54) is 6.07 Å². The molecule has 6 heteroatoms. The molecule has 0 radical (unpaired) electrons. The minimum atomic E-state index is -3.68. The van der Waals surface area contributed by atoms with Crippen LogP contribution in [-0.4, -0.2) is 14.4 Å². The molecule has 0 aliphatic carbocycles. The number of anilines is 1.